The van der Waals surface area contributed by atoms with E-state index in [0.29, 0.717) is 0 Å². The normalized spacial score (nSPS) is 28.4. The minimum Gasteiger partial charge on any atom is -0.0968 e. The second-order valence-corrected chi connectivity index (χ2v) is 18.9. The molecule has 6 aliphatic carbocycles. The van der Waals surface area contributed by atoms with Gasteiger partial charge < -0.3 is 0 Å². The topological polar surface area (TPSA) is 0 Å². The Balaban J connectivity index is 0.000000530. The van der Waals surface area contributed by atoms with Crippen molar-refractivity contribution in [2.45, 2.75) is 164 Å². The molecule has 0 bridgehead atoms. The van der Waals surface area contributed by atoms with Gasteiger partial charge in [-0.1, -0.05) is 99.8 Å². The predicted octanol–water partition coefficient (Wildman–Crippen LogP) is 11.4. The Morgan fingerprint density at radius 3 is 1.23 bits per heavy atom. The van der Waals surface area contributed by atoms with Gasteiger partial charge in [0.2, 0.25) is 0 Å². The van der Waals surface area contributed by atoms with E-state index in [9.17, 15) is 0 Å². The maximum atomic E-state index is 2.73. The number of hydrogen-bond donors (Lipinski definition) is 0. The summed E-state index contributed by atoms with van der Waals surface area (Å²) in [4.78, 5) is 0. The molecule has 0 aliphatic heterocycles. The van der Waals surface area contributed by atoms with Crippen LogP contribution in [0, 0.1) is 62.9 Å². The predicted molar refractivity (Wildman–Crippen MR) is 172 cm³/mol. The van der Waals surface area contributed by atoms with Crippen LogP contribution in [0.15, 0.2) is 0 Å². The molecule has 0 unspecified atom stereocenters. The monoisotopic (exact) mass is 606 g/mol. The standard InChI is InChI=1S/C31H51P2.C5H5.Fe/c1-25(32(26-15-6-2-7-16-26)27-17-8-3-9-18-27)30-23-14-24-31(30)33(28-19-10-4-11-20-28)29-21-12-5-13-22-29;1-2-4-5-3-1;/h14,23-29H,2-13,15-22H2,1H3;1-5H;/q;;+2/t25-;;/m0../s1. The van der Waals surface area contributed by atoms with E-state index in [1.54, 1.807) is 51.4 Å². The van der Waals surface area contributed by atoms with Gasteiger partial charge in [-0.25, -0.2) is 0 Å². The van der Waals surface area contributed by atoms with Crippen molar-refractivity contribution in [1.29, 1.82) is 0 Å². The molecule has 10 radical (unpaired) electrons. The van der Waals surface area contributed by atoms with E-state index in [0.717, 1.165) is 28.3 Å². The smallest absolute Gasteiger partial charge is 0.0968 e. The first-order valence-electron chi connectivity index (χ1n) is 16.8. The van der Waals surface area contributed by atoms with E-state index in [2.05, 4.69) is 26.2 Å². The van der Waals surface area contributed by atoms with Crippen LogP contribution in [0.1, 0.15) is 135 Å². The Kier molecular flexibility index (Phi) is 15.6. The first kappa shape index (κ1) is 33.3. The molecule has 6 rings (SSSR count). The molecule has 0 aromatic carbocycles. The first-order valence-corrected chi connectivity index (χ1v) is 19.8. The van der Waals surface area contributed by atoms with E-state index >= 15 is 0 Å². The third kappa shape index (κ3) is 9.43. The van der Waals surface area contributed by atoms with E-state index in [1.807, 2.05) is 43.7 Å². The zero-order valence-corrected chi connectivity index (χ0v) is 27.8. The second kappa shape index (κ2) is 18.2. The van der Waals surface area contributed by atoms with E-state index in [4.69, 9.17) is 0 Å². The Morgan fingerprint density at radius 1 is 0.487 bits per heavy atom. The minimum atomic E-state index is 0. The van der Waals surface area contributed by atoms with Crippen LogP contribution in [0.2, 0.25) is 0 Å². The largest absolute Gasteiger partial charge is 2.00 e. The van der Waals surface area contributed by atoms with E-state index in [1.165, 1.54) is 77.0 Å². The molecule has 0 heterocycles. The van der Waals surface area contributed by atoms with Gasteiger partial charge in [-0.2, -0.15) is 0 Å². The van der Waals surface area contributed by atoms with E-state index in [-0.39, 0.29) is 32.9 Å². The SMILES string of the molecule is C[C@@H]([C]1[CH][CH][CH][C]1P(C1CCCCC1)C1CCCCC1)P(C1CCCCC1)C1CCCCC1.[CH]1[CH][CH][CH][CH]1.[Fe+2]. The average Bonchev–Trinajstić information content (AvgIpc) is 3.72. The van der Waals surface area contributed by atoms with Gasteiger partial charge in [-0.05, 0) is 137 Å². The van der Waals surface area contributed by atoms with Gasteiger partial charge in [0, 0.05) is 5.66 Å². The van der Waals surface area contributed by atoms with Crippen molar-refractivity contribution in [3.05, 3.63) is 62.9 Å². The molecule has 216 valence electrons. The maximum Gasteiger partial charge on any atom is 2.00 e. The quantitative estimate of drug-likeness (QED) is 0.200. The van der Waals surface area contributed by atoms with Gasteiger partial charge in [0.15, 0.2) is 0 Å². The van der Waals surface area contributed by atoms with Crippen molar-refractivity contribution < 1.29 is 17.1 Å². The Bertz CT molecular complexity index is 582. The van der Waals surface area contributed by atoms with Crippen molar-refractivity contribution in [3.63, 3.8) is 0 Å². The summed E-state index contributed by atoms with van der Waals surface area (Å²) in [5, 5.41) is 0. The third-order valence-corrected chi connectivity index (χ3v) is 17.9. The van der Waals surface area contributed by atoms with Crippen molar-refractivity contribution in [2.24, 2.45) is 0 Å². The van der Waals surface area contributed by atoms with E-state index < -0.39 is 0 Å². The van der Waals surface area contributed by atoms with Crippen LogP contribution in [-0.2, 0) is 17.1 Å². The van der Waals surface area contributed by atoms with Crippen LogP contribution < -0.4 is 0 Å². The zero-order chi connectivity index (χ0) is 26.0. The van der Waals surface area contributed by atoms with Crippen molar-refractivity contribution in [2.75, 3.05) is 0 Å². The molecule has 0 nitrogen and oxygen atoms in total. The fraction of sp³-hybridized carbons (Fsp3) is 0.722. The van der Waals surface area contributed by atoms with Crippen LogP contribution in [-0.4, -0.2) is 28.3 Å². The van der Waals surface area contributed by atoms with Gasteiger partial charge in [0.1, 0.15) is 0 Å². The third-order valence-electron chi connectivity index (χ3n) is 10.5. The molecule has 6 fully saturated rings. The molecule has 0 spiro atoms. The summed E-state index contributed by atoms with van der Waals surface area (Å²) >= 11 is 0. The molecular formula is C36H56FeP2+2. The summed E-state index contributed by atoms with van der Waals surface area (Å²) in [5.41, 5.74) is 7.01. The van der Waals surface area contributed by atoms with Crippen LogP contribution in [0.25, 0.3) is 0 Å². The molecule has 6 saturated carbocycles. The molecular weight excluding hydrogens is 550 g/mol. The molecule has 0 aromatic rings. The fourth-order valence-electron chi connectivity index (χ4n) is 8.59. The molecule has 0 aromatic heterocycles. The first-order chi connectivity index (χ1) is 18.8. The number of hydrogen-bond acceptors (Lipinski definition) is 0. The van der Waals surface area contributed by atoms with Crippen molar-refractivity contribution in [3.8, 4) is 0 Å². The van der Waals surface area contributed by atoms with Crippen LogP contribution in [0.3, 0.4) is 0 Å². The summed E-state index contributed by atoms with van der Waals surface area (Å²) in [6, 6.07) is 0. The van der Waals surface area contributed by atoms with Crippen molar-refractivity contribution in [1.82, 2.24) is 0 Å². The summed E-state index contributed by atoms with van der Waals surface area (Å²) in [6.07, 6.45) is 48.4. The Labute approximate surface area is 258 Å². The molecule has 0 N–H and O–H groups in total. The van der Waals surface area contributed by atoms with Gasteiger partial charge in [0.05, 0.1) is 0 Å². The fourth-order valence-corrected chi connectivity index (χ4v) is 17.1. The van der Waals surface area contributed by atoms with Gasteiger partial charge in [-0.15, -0.1) is 0 Å². The Morgan fingerprint density at radius 2 is 0.846 bits per heavy atom. The van der Waals surface area contributed by atoms with Crippen molar-refractivity contribution >= 4 is 15.8 Å². The van der Waals surface area contributed by atoms with Gasteiger partial charge in [0.25, 0.3) is 0 Å². The molecule has 0 amide bonds. The Hall–Kier alpha value is 1.38. The minimum absolute atomic E-state index is 0. The summed E-state index contributed by atoms with van der Waals surface area (Å²) < 4.78 is 0. The molecule has 1 atom stereocenters. The maximum absolute atomic E-state index is 2.73. The summed E-state index contributed by atoms with van der Waals surface area (Å²) in [6.45, 7) is 2.73. The zero-order valence-electron chi connectivity index (χ0n) is 24.9. The summed E-state index contributed by atoms with van der Waals surface area (Å²) in [7, 11) is 0.168. The van der Waals surface area contributed by atoms with Gasteiger partial charge in [-0.3, -0.25) is 0 Å². The van der Waals surface area contributed by atoms with Crippen LogP contribution >= 0.6 is 15.8 Å². The number of rotatable bonds is 7. The summed E-state index contributed by atoms with van der Waals surface area (Å²) in [5.74, 6) is 1.87. The molecule has 39 heavy (non-hydrogen) atoms. The van der Waals surface area contributed by atoms with Gasteiger partial charge >= 0.3 is 17.1 Å². The van der Waals surface area contributed by atoms with Crippen LogP contribution in [0.4, 0.5) is 0 Å². The van der Waals surface area contributed by atoms with Crippen LogP contribution in [0.5, 0.6) is 0 Å². The molecule has 6 aliphatic rings. The average molecular weight is 607 g/mol. The molecule has 3 heteroatoms. The second-order valence-electron chi connectivity index (χ2n) is 13.0. The molecule has 0 saturated heterocycles.